The fourth-order valence-electron chi connectivity index (χ4n) is 3.10. The molecule has 0 fully saturated rings. The van der Waals surface area contributed by atoms with Crippen LogP contribution in [0.15, 0.2) is 48.5 Å². The van der Waals surface area contributed by atoms with Gasteiger partial charge in [-0.1, -0.05) is 61.6 Å². The molecule has 0 bridgehead atoms. The van der Waals surface area contributed by atoms with Crippen LogP contribution in [-0.4, -0.2) is 39.7 Å². The quantitative estimate of drug-likeness (QED) is 0.382. The van der Waals surface area contributed by atoms with E-state index >= 15 is 0 Å². The normalized spacial score (nSPS) is 11.3. The van der Waals surface area contributed by atoms with Crippen LogP contribution < -0.4 is 10.6 Å². The predicted octanol–water partition coefficient (Wildman–Crippen LogP) is 6.62. The maximum absolute atomic E-state index is 12.9. The van der Waals surface area contributed by atoms with Crippen molar-refractivity contribution in [2.24, 2.45) is 0 Å². The lowest BCUT2D eigenvalue weighted by Gasteiger charge is -2.21. The Morgan fingerprint density at radius 2 is 1.62 bits per heavy atom. The maximum atomic E-state index is 12.9. The molecule has 0 aliphatic carbocycles. The Labute approximate surface area is 214 Å². The fraction of sp³-hybridized carbons (Fsp3) is 0.292. The van der Waals surface area contributed by atoms with E-state index in [1.165, 1.54) is 4.90 Å². The Balaban J connectivity index is 1.79. The zero-order chi connectivity index (χ0) is 25.0. The molecule has 3 rings (SSSR count). The van der Waals surface area contributed by atoms with Crippen molar-refractivity contribution in [3.63, 3.8) is 0 Å². The number of aromatic nitrogens is 2. The van der Waals surface area contributed by atoms with E-state index in [-0.39, 0.29) is 17.9 Å². The van der Waals surface area contributed by atoms with Gasteiger partial charge in [-0.2, -0.15) is 5.10 Å². The molecule has 0 atom stereocenters. The number of hydrogen-bond donors (Lipinski definition) is 2. The number of halogens is 3. The van der Waals surface area contributed by atoms with E-state index in [9.17, 15) is 9.59 Å². The van der Waals surface area contributed by atoms with Crippen LogP contribution in [-0.2, 0) is 10.2 Å². The van der Waals surface area contributed by atoms with Crippen molar-refractivity contribution in [1.29, 1.82) is 0 Å². The monoisotopic (exact) mass is 521 g/mol. The first-order valence-corrected chi connectivity index (χ1v) is 11.8. The molecule has 7 nitrogen and oxygen atoms in total. The molecule has 2 aromatic carbocycles. The number of amides is 3. The van der Waals surface area contributed by atoms with Crippen LogP contribution in [0.1, 0.15) is 33.4 Å². The lowest BCUT2D eigenvalue weighted by Crippen LogP contribution is -2.40. The van der Waals surface area contributed by atoms with Crippen LogP contribution >= 0.6 is 34.8 Å². The van der Waals surface area contributed by atoms with Gasteiger partial charge < -0.3 is 15.5 Å². The maximum Gasteiger partial charge on any atom is 0.322 e. The van der Waals surface area contributed by atoms with Gasteiger partial charge in [-0.25, -0.2) is 9.48 Å². The van der Waals surface area contributed by atoms with E-state index in [0.29, 0.717) is 33.1 Å². The molecule has 1 aromatic heterocycles. The third-order valence-electron chi connectivity index (χ3n) is 5.01. The molecule has 3 amide bonds. The molecule has 3 aromatic rings. The number of anilines is 2. The van der Waals surface area contributed by atoms with E-state index in [0.717, 1.165) is 11.4 Å². The highest BCUT2D eigenvalue weighted by Crippen LogP contribution is 2.30. The third-order valence-corrected chi connectivity index (χ3v) is 5.90. The molecule has 0 saturated carbocycles. The largest absolute Gasteiger partial charge is 0.322 e. The molecule has 0 unspecified atom stereocenters. The second-order valence-corrected chi connectivity index (χ2v) is 9.89. The van der Waals surface area contributed by atoms with Gasteiger partial charge in [0, 0.05) is 23.0 Å². The zero-order valence-electron chi connectivity index (χ0n) is 19.3. The predicted molar refractivity (Wildman–Crippen MR) is 139 cm³/mol. The molecule has 10 heteroatoms. The van der Waals surface area contributed by atoms with Crippen LogP contribution in [0.5, 0.6) is 0 Å². The lowest BCUT2D eigenvalue weighted by molar-refractivity contribution is -0.116. The standard InChI is InChI=1S/C24H26Cl3N5O2/c1-5-31(23(34)29-22-17(26)7-6-8-18(22)27)14-21(33)28-20-13-19(24(2,3)4)30-32(20)16-11-9-15(25)10-12-16/h6-13H,5,14H2,1-4H3,(H,28,33)(H,29,34). The number of likely N-dealkylation sites (N-methyl/N-ethyl adjacent to an activating group) is 1. The molecule has 0 aliphatic heterocycles. The van der Waals surface area contributed by atoms with Crippen molar-refractivity contribution >= 4 is 58.2 Å². The molecule has 34 heavy (non-hydrogen) atoms. The van der Waals surface area contributed by atoms with Crippen LogP contribution in [0.2, 0.25) is 15.1 Å². The average Bonchev–Trinajstić information content (AvgIpc) is 3.19. The first-order chi connectivity index (χ1) is 16.0. The number of carbonyl (C=O) groups excluding carboxylic acids is 2. The Morgan fingerprint density at radius 3 is 2.18 bits per heavy atom. The summed E-state index contributed by atoms with van der Waals surface area (Å²) in [6.07, 6.45) is 0. The Bertz CT molecular complexity index is 1170. The molecule has 0 spiro atoms. The smallest absolute Gasteiger partial charge is 0.315 e. The molecule has 0 saturated heterocycles. The third kappa shape index (κ3) is 6.23. The van der Waals surface area contributed by atoms with Gasteiger partial charge in [0.1, 0.15) is 12.4 Å². The highest BCUT2D eigenvalue weighted by Gasteiger charge is 2.23. The summed E-state index contributed by atoms with van der Waals surface area (Å²) in [5.74, 6) is 0.112. The van der Waals surface area contributed by atoms with E-state index < -0.39 is 6.03 Å². The van der Waals surface area contributed by atoms with Crippen LogP contribution in [0.4, 0.5) is 16.3 Å². The fourth-order valence-corrected chi connectivity index (χ4v) is 3.72. The molecule has 2 N–H and O–H groups in total. The minimum atomic E-state index is -0.491. The summed E-state index contributed by atoms with van der Waals surface area (Å²) in [4.78, 5) is 27.1. The summed E-state index contributed by atoms with van der Waals surface area (Å²) in [5.41, 5.74) is 1.61. The van der Waals surface area contributed by atoms with Crippen LogP contribution in [0.25, 0.3) is 5.69 Å². The SMILES string of the molecule is CCN(CC(=O)Nc1cc(C(C)(C)C)nn1-c1ccc(Cl)cc1)C(=O)Nc1c(Cl)cccc1Cl. The summed E-state index contributed by atoms with van der Waals surface area (Å²) < 4.78 is 1.65. The van der Waals surface area contributed by atoms with E-state index in [1.54, 1.807) is 41.9 Å². The van der Waals surface area contributed by atoms with Gasteiger partial charge in [-0.3, -0.25) is 4.79 Å². The number of rotatable bonds is 6. The van der Waals surface area contributed by atoms with Crippen molar-refractivity contribution in [1.82, 2.24) is 14.7 Å². The average molecular weight is 523 g/mol. The van der Waals surface area contributed by atoms with E-state index in [4.69, 9.17) is 34.8 Å². The number of carbonyl (C=O) groups is 2. The number of nitrogens with one attached hydrogen (secondary N) is 2. The summed E-state index contributed by atoms with van der Waals surface area (Å²) in [6, 6.07) is 13.4. The Hall–Kier alpha value is -2.74. The minimum Gasteiger partial charge on any atom is -0.315 e. The topological polar surface area (TPSA) is 79.3 Å². The van der Waals surface area contributed by atoms with Gasteiger partial charge in [-0.05, 0) is 43.3 Å². The second kappa shape index (κ2) is 10.7. The second-order valence-electron chi connectivity index (χ2n) is 8.64. The van der Waals surface area contributed by atoms with Gasteiger partial charge in [0.2, 0.25) is 5.91 Å². The molecule has 0 aliphatic rings. The van der Waals surface area contributed by atoms with Crippen LogP contribution in [0.3, 0.4) is 0 Å². The van der Waals surface area contributed by atoms with Crippen molar-refractivity contribution in [3.05, 3.63) is 69.3 Å². The molecule has 0 radical (unpaired) electrons. The number of para-hydroxylation sites is 1. The first-order valence-electron chi connectivity index (χ1n) is 10.7. The summed E-state index contributed by atoms with van der Waals surface area (Å²) in [7, 11) is 0. The number of urea groups is 1. The Kier molecular flexibility index (Phi) is 8.13. The first kappa shape index (κ1) is 25.9. The Morgan fingerprint density at radius 1 is 1.00 bits per heavy atom. The van der Waals surface area contributed by atoms with Crippen molar-refractivity contribution in [2.45, 2.75) is 33.1 Å². The molecular formula is C24H26Cl3N5O2. The summed E-state index contributed by atoms with van der Waals surface area (Å²) in [5, 5.41) is 11.5. The number of nitrogens with zero attached hydrogens (tertiary/aromatic N) is 3. The van der Waals surface area contributed by atoms with Gasteiger partial charge in [0.05, 0.1) is 27.1 Å². The van der Waals surface area contributed by atoms with Crippen molar-refractivity contribution < 1.29 is 9.59 Å². The van der Waals surface area contributed by atoms with Gasteiger partial charge in [0.15, 0.2) is 0 Å². The summed E-state index contributed by atoms with van der Waals surface area (Å²) >= 11 is 18.3. The summed E-state index contributed by atoms with van der Waals surface area (Å²) in [6.45, 7) is 8.01. The highest BCUT2D eigenvalue weighted by atomic mass is 35.5. The van der Waals surface area contributed by atoms with Gasteiger partial charge in [0.25, 0.3) is 0 Å². The number of benzene rings is 2. The van der Waals surface area contributed by atoms with Crippen molar-refractivity contribution in [2.75, 3.05) is 23.7 Å². The minimum absolute atomic E-state index is 0.180. The van der Waals surface area contributed by atoms with Crippen molar-refractivity contribution in [3.8, 4) is 5.69 Å². The molecule has 1 heterocycles. The van der Waals surface area contributed by atoms with Gasteiger partial charge >= 0.3 is 6.03 Å². The van der Waals surface area contributed by atoms with E-state index in [1.807, 2.05) is 39.0 Å². The lowest BCUT2D eigenvalue weighted by atomic mass is 9.92. The highest BCUT2D eigenvalue weighted by molar-refractivity contribution is 6.39. The zero-order valence-corrected chi connectivity index (χ0v) is 21.6. The molecular weight excluding hydrogens is 497 g/mol. The van der Waals surface area contributed by atoms with Gasteiger partial charge in [-0.15, -0.1) is 0 Å². The number of hydrogen-bond acceptors (Lipinski definition) is 3. The molecule has 180 valence electrons. The van der Waals surface area contributed by atoms with E-state index in [2.05, 4.69) is 15.7 Å². The van der Waals surface area contributed by atoms with Crippen LogP contribution in [0, 0.1) is 0 Å².